The average molecular weight is 368 g/mol. The zero-order chi connectivity index (χ0) is 15.4. The molecule has 0 saturated heterocycles. The molecule has 0 spiro atoms. The summed E-state index contributed by atoms with van der Waals surface area (Å²) in [6.45, 7) is 1.47. The van der Waals surface area contributed by atoms with Crippen LogP contribution in [-0.4, -0.2) is 11.8 Å². The van der Waals surface area contributed by atoms with Crippen LogP contribution in [0.5, 0.6) is 0 Å². The Kier molecular flexibility index (Phi) is 4.98. The third kappa shape index (κ3) is 4.31. The van der Waals surface area contributed by atoms with Gasteiger partial charge in [0.2, 0.25) is 0 Å². The predicted octanol–water partition coefficient (Wildman–Crippen LogP) is 4.95. The molecule has 0 heterocycles. The molecular formula is C15H12BrClN2O2. The maximum Gasteiger partial charge on any atom is 0.323 e. The Balaban J connectivity index is 2.10. The number of nitrogens with one attached hydrogen (secondary N) is 2. The van der Waals surface area contributed by atoms with Crippen molar-refractivity contribution in [2.75, 3.05) is 10.6 Å². The lowest BCUT2D eigenvalue weighted by molar-refractivity contribution is 0.101. The molecule has 2 aromatic carbocycles. The molecular weight excluding hydrogens is 356 g/mol. The number of Topliss-reactive ketones (excluding diaryl/α,β-unsaturated/α-hetero) is 1. The number of rotatable bonds is 3. The number of anilines is 2. The van der Waals surface area contributed by atoms with E-state index in [1.54, 1.807) is 42.5 Å². The van der Waals surface area contributed by atoms with Crippen LogP contribution in [0.3, 0.4) is 0 Å². The molecule has 0 aliphatic rings. The monoisotopic (exact) mass is 366 g/mol. The number of hydrogen-bond acceptors (Lipinski definition) is 2. The van der Waals surface area contributed by atoms with Crippen molar-refractivity contribution in [2.24, 2.45) is 0 Å². The average Bonchev–Trinajstić information content (AvgIpc) is 2.43. The van der Waals surface area contributed by atoms with Crippen molar-refractivity contribution in [1.82, 2.24) is 0 Å². The van der Waals surface area contributed by atoms with Crippen LogP contribution in [0.1, 0.15) is 17.3 Å². The molecule has 2 rings (SSSR count). The van der Waals surface area contributed by atoms with Gasteiger partial charge >= 0.3 is 6.03 Å². The molecule has 6 heteroatoms. The maximum absolute atomic E-state index is 11.9. The van der Waals surface area contributed by atoms with Gasteiger partial charge in [-0.15, -0.1) is 0 Å². The third-order valence-corrected chi connectivity index (χ3v) is 3.53. The highest BCUT2D eigenvalue weighted by molar-refractivity contribution is 9.10. The van der Waals surface area contributed by atoms with Gasteiger partial charge in [-0.1, -0.05) is 39.7 Å². The molecule has 108 valence electrons. The minimum absolute atomic E-state index is 0.0610. The van der Waals surface area contributed by atoms with Crippen molar-refractivity contribution in [3.05, 3.63) is 57.5 Å². The Hall–Kier alpha value is -1.85. The molecule has 0 atom stereocenters. The molecule has 0 radical (unpaired) electrons. The summed E-state index contributed by atoms with van der Waals surface area (Å²) < 4.78 is 0.806. The van der Waals surface area contributed by atoms with Gasteiger partial charge in [-0.2, -0.15) is 0 Å². The highest BCUT2D eigenvalue weighted by atomic mass is 79.9. The fourth-order valence-electron chi connectivity index (χ4n) is 1.69. The van der Waals surface area contributed by atoms with Crippen molar-refractivity contribution < 1.29 is 9.59 Å². The molecule has 0 bridgehead atoms. The van der Waals surface area contributed by atoms with E-state index in [2.05, 4.69) is 26.6 Å². The number of halogens is 2. The topological polar surface area (TPSA) is 58.2 Å². The Morgan fingerprint density at radius 3 is 2.57 bits per heavy atom. The van der Waals surface area contributed by atoms with Crippen LogP contribution in [0.25, 0.3) is 0 Å². The van der Waals surface area contributed by atoms with E-state index in [4.69, 9.17) is 11.6 Å². The van der Waals surface area contributed by atoms with Gasteiger partial charge in [0.1, 0.15) is 0 Å². The summed E-state index contributed by atoms with van der Waals surface area (Å²) in [5, 5.41) is 5.74. The quantitative estimate of drug-likeness (QED) is 0.754. The van der Waals surface area contributed by atoms with Crippen LogP contribution in [-0.2, 0) is 0 Å². The highest BCUT2D eigenvalue weighted by Gasteiger charge is 2.07. The minimum atomic E-state index is -0.435. The summed E-state index contributed by atoms with van der Waals surface area (Å²) in [5.41, 5.74) is 1.56. The van der Waals surface area contributed by atoms with Crippen LogP contribution < -0.4 is 10.6 Å². The van der Waals surface area contributed by atoms with E-state index in [0.717, 1.165) is 4.47 Å². The van der Waals surface area contributed by atoms with Gasteiger partial charge in [0.15, 0.2) is 5.78 Å². The van der Waals surface area contributed by atoms with Crippen LogP contribution in [0, 0.1) is 0 Å². The Bertz CT molecular complexity index is 704. The molecule has 21 heavy (non-hydrogen) atoms. The molecule has 0 aromatic heterocycles. The van der Waals surface area contributed by atoms with Gasteiger partial charge in [0, 0.05) is 15.7 Å². The predicted molar refractivity (Wildman–Crippen MR) is 88.2 cm³/mol. The molecule has 4 nitrogen and oxygen atoms in total. The molecule has 2 N–H and O–H groups in total. The summed E-state index contributed by atoms with van der Waals surface area (Å²) >= 11 is 9.31. The van der Waals surface area contributed by atoms with Crippen molar-refractivity contribution in [3.63, 3.8) is 0 Å². The normalized spacial score (nSPS) is 10.0. The molecule has 0 saturated carbocycles. The van der Waals surface area contributed by atoms with E-state index in [1.165, 1.54) is 6.92 Å². The summed E-state index contributed by atoms with van der Waals surface area (Å²) in [5.74, 6) is -0.0610. The summed E-state index contributed by atoms with van der Waals surface area (Å²) in [7, 11) is 0. The first-order valence-electron chi connectivity index (χ1n) is 6.10. The van der Waals surface area contributed by atoms with E-state index < -0.39 is 6.03 Å². The lowest BCUT2D eigenvalue weighted by Crippen LogP contribution is -2.19. The standard InChI is InChI=1S/C15H12BrClN2O2/c1-9(20)10-3-2-4-12(7-10)18-15(21)19-14-8-11(16)5-6-13(14)17/h2-8H,1H3,(H2,18,19,21). The molecule has 0 unspecified atom stereocenters. The minimum Gasteiger partial charge on any atom is -0.308 e. The molecule has 0 fully saturated rings. The Morgan fingerprint density at radius 2 is 1.86 bits per heavy atom. The van der Waals surface area contributed by atoms with Gasteiger partial charge in [0.25, 0.3) is 0 Å². The number of hydrogen-bond donors (Lipinski definition) is 2. The first-order chi connectivity index (χ1) is 9.95. The first kappa shape index (κ1) is 15.5. The first-order valence-corrected chi connectivity index (χ1v) is 7.27. The highest BCUT2D eigenvalue weighted by Crippen LogP contribution is 2.25. The van der Waals surface area contributed by atoms with Gasteiger partial charge in [-0.3, -0.25) is 4.79 Å². The summed E-state index contributed by atoms with van der Waals surface area (Å²) in [6, 6.07) is 11.4. The number of amides is 2. The van der Waals surface area contributed by atoms with E-state index in [-0.39, 0.29) is 5.78 Å². The van der Waals surface area contributed by atoms with Crippen LogP contribution in [0.15, 0.2) is 46.9 Å². The van der Waals surface area contributed by atoms with Crippen LogP contribution in [0.4, 0.5) is 16.2 Å². The van der Waals surface area contributed by atoms with Crippen molar-refractivity contribution >= 4 is 50.7 Å². The second-order valence-corrected chi connectivity index (χ2v) is 5.66. The smallest absolute Gasteiger partial charge is 0.308 e. The van der Waals surface area contributed by atoms with E-state index in [1.807, 2.05) is 0 Å². The summed E-state index contributed by atoms with van der Waals surface area (Å²) in [6.07, 6.45) is 0. The second kappa shape index (κ2) is 6.74. The number of carbonyl (C=O) groups excluding carboxylic acids is 2. The largest absolute Gasteiger partial charge is 0.323 e. The SMILES string of the molecule is CC(=O)c1cccc(NC(=O)Nc2cc(Br)ccc2Cl)c1. The zero-order valence-electron chi connectivity index (χ0n) is 11.1. The van der Waals surface area contributed by atoms with E-state index >= 15 is 0 Å². The molecule has 2 amide bonds. The van der Waals surface area contributed by atoms with E-state index in [9.17, 15) is 9.59 Å². The number of benzene rings is 2. The zero-order valence-corrected chi connectivity index (χ0v) is 13.5. The van der Waals surface area contributed by atoms with Crippen molar-refractivity contribution in [2.45, 2.75) is 6.92 Å². The van der Waals surface area contributed by atoms with Crippen LogP contribution >= 0.6 is 27.5 Å². The maximum atomic E-state index is 11.9. The lowest BCUT2D eigenvalue weighted by atomic mass is 10.1. The van der Waals surface area contributed by atoms with Gasteiger partial charge in [0.05, 0.1) is 10.7 Å². The second-order valence-electron chi connectivity index (χ2n) is 4.34. The third-order valence-electron chi connectivity index (χ3n) is 2.70. The number of carbonyl (C=O) groups is 2. The molecule has 2 aromatic rings. The fourth-order valence-corrected chi connectivity index (χ4v) is 2.22. The number of urea groups is 1. The van der Waals surface area contributed by atoms with Crippen molar-refractivity contribution in [3.8, 4) is 0 Å². The fraction of sp³-hybridized carbons (Fsp3) is 0.0667. The van der Waals surface area contributed by atoms with Crippen molar-refractivity contribution in [1.29, 1.82) is 0 Å². The van der Waals surface area contributed by atoms with E-state index in [0.29, 0.717) is 22.0 Å². The molecule has 0 aliphatic carbocycles. The van der Waals surface area contributed by atoms with Gasteiger partial charge < -0.3 is 10.6 Å². The van der Waals surface area contributed by atoms with Crippen LogP contribution in [0.2, 0.25) is 5.02 Å². The molecule has 0 aliphatic heterocycles. The van der Waals surface area contributed by atoms with Gasteiger partial charge in [-0.05, 0) is 37.3 Å². The Labute approximate surface area is 135 Å². The Morgan fingerprint density at radius 1 is 1.10 bits per heavy atom. The summed E-state index contributed by atoms with van der Waals surface area (Å²) in [4.78, 5) is 23.3. The number of ketones is 1. The lowest BCUT2D eigenvalue weighted by Gasteiger charge is -2.10. The van der Waals surface area contributed by atoms with Gasteiger partial charge in [-0.25, -0.2) is 4.79 Å².